The molecule has 0 bridgehead atoms. The van der Waals surface area contributed by atoms with Crippen molar-refractivity contribution < 1.29 is 18.1 Å². The summed E-state index contributed by atoms with van der Waals surface area (Å²) in [5, 5.41) is 10.2. The summed E-state index contributed by atoms with van der Waals surface area (Å²) in [7, 11) is 0. The number of hydrogen-bond acceptors (Lipinski definition) is 2. The Morgan fingerprint density at radius 2 is 1.55 bits per heavy atom. The molecule has 0 N–H and O–H groups in total. The number of halogens is 3. The Kier molecular flexibility index (Phi) is 6.38. The van der Waals surface area contributed by atoms with E-state index in [0.29, 0.717) is 6.07 Å². The van der Waals surface area contributed by atoms with Crippen LogP contribution in [0.3, 0.4) is 0 Å². The first-order valence-electron chi connectivity index (χ1n) is 7.43. The van der Waals surface area contributed by atoms with Crippen LogP contribution in [0.15, 0.2) is 18.2 Å². The summed E-state index contributed by atoms with van der Waals surface area (Å²) in [6.45, 7) is 5.99. The molecule has 0 heterocycles. The maximum Gasteiger partial charge on any atom is 0.416 e. The van der Waals surface area contributed by atoms with E-state index in [0.717, 1.165) is 24.0 Å². The molecule has 0 atom stereocenters. The minimum Gasteiger partial charge on any atom is -0.258 e. The molecule has 0 aromatic heterocycles. The lowest BCUT2D eigenvalue weighted by Crippen LogP contribution is -2.08. The monoisotopic (exact) mass is 317 g/mol. The van der Waals surface area contributed by atoms with Crippen LogP contribution in [0.25, 0.3) is 0 Å². The van der Waals surface area contributed by atoms with Gasteiger partial charge in [-0.05, 0) is 24.3 Å². The molecular weight excluding hydrogens is 295 g/mol. The predicted molar refractivity (Wildman–Crippen MR) is 79.6 cm³/mol. The highest BCUT2D eigenvalue weighted by atomic mass is 19.4. The van der Waals surface area contributed by atoms with E-state index in [1.54, 1.807) is 0 Å². The zero-order valence-electron chi connectivity index (χ0n) is 13.1. The molecule has 1 aliphatic rings. The number of benzene rings is 1. The molecule has 2 rings (SSSR count). The van der Waals surface area contributed by atoms with Gasteiger partial charge in [-0.2, -0.15) is 13.2 Å². The molecule has 0 radical (unpaired) electrons. The van der Waals surface area contributed by atoms with Gasteiger partial charge in [-0.3, -0.25) is 10.1 Å². The molecule has 22 heavy (non-hydrogen) atoms. The van der Waals surface area contributed by atoms with Gasteiger partial charge in [0.1, 0.15) is 0 Å². The molecule has 0 unspecified atom stereocenters. The summed E-state index contributed by atoms with van der Waals surface area (Å²) >= 11 is 0. The first-order valence-corrected chi connectivity index (χ1v) is 7.43. The average Bonchev–Trinajstić information content (AvgIpc) is 2.42. The van der Waals surface area contributed by atoms with E-state index in [-0.39, 0.29) is 5.56 Å². The molecular formula is C16H22F3NO2. The topological polar surface area (TPSA) is 43.1 Å². The standard InChI is InChI=1S/C8H6F3NO2.C8H16/c1-5-2-3-6(12(13)14)4-7(5)8(9,10)11;1-7-3-5-8(2)6-4-7/h2-4H,1H3;7-8H,3-6H2,1-2H3. The molecule has 0 spiro atoms. The quantitative estimate of drug-likeness (QED) is 0.488. The highest BCUT2D eigenvalue weighted by Gasteiger charge is 2.33. The van der Waals surface area contributed by atoms with Gasteiger partial charge < -0.3 is 0 Å². The van der Waals surface area contributed by atoms with E-state index in [1.807, 2.05) is 0 Å². The third-order valence-electron chi connectivity index (χ3n) is 4.04. The lowest BCUT2D eigenvalue weighted by atomic mass is 9.84. The van der Waals surface area contributed by atoms with Crippen molar-refractivity contribution in [2.45, 2.75) is 52.6 Å². The molecule has 1 aromatic carbocycles. The van der Waals surface area contributed by atoms with Crippen LogP contribution in [-0.4, -0.2) is 4.92 Å². The Hall–Kier alpha value is -1.59. The minimum absolute atomic E-state index is 0.0249. The smallest absolute Gasteiger partial charge is 0.258 e. The molecule has 124 valence electrons. The largest absolute Gasteiger partial charge is 0.416 e. The Bertz CT molecular complexity index is 497. The van der Waals surface area contributed by atoms with E-state index < -0.39 is 22.4 Å². The van der Waals surface area contributed by atoms with Crippen LogP contribution in [0.5, 0.6) is 0 Å². The molecule has 0 aliphatic heterocycles. The predicted octanol–water partition coefficient (Wildman–Crippen LogP) is 5.75. The number of aryl methyl sites for hydroxylation is 1. The molecule has 0 amide bonds. The fourth-order valence-corrected chi connectivity index (χ4v) is 2.46. The van der Waals surface area contributed by atoms with Crippen LogP contribution < -0.4 is 0 Å². The van der Waals surface area contributed by atoms with Crippen molar-refractivity contribution in [3.05, 3.63) is 39.4 Å². The van der Waals surface area contributed by atoms with Crippen LogP contribution in [0.4, 0.5) is 18.9 Å². The lowest BCUT2D eigenvalue weighted by Gasteiger charge is -2.22. The molecule has 1 saturated carbocycles. The molecule has 3 nitrogen and oxygen atoms in total. The second-order valence-corrected chi connectivity index (χ2v) is 6.12. The number of hydrogen-bond donors (Lipinski definition) is 0. The first-order chi connectivity index (χ1) is 10.1. The van der Waals surface area contributed by atoms with Crippen LogP contribution in [0, 0.1) is 28.9 Å². The van der Waals surface area contributed by atoms with E-state index in [9.17, 15) is 23.3 Å². The Morgan fingerprint density at radius 3 is 1.91 bits per heavy atom. The van der Waals surface area contributed by atoms with Gasteiger partial charge in [0.05, 0.1) is 10.5 Å². The highest BCUT2D eigenvalue weighted by Crippen LogP contribution is 2.33. The Labute approximate surface area is 128 Å². The van der Waals surface area contributed by atoms with Crippen molar-refractivity contribution in [1.29, 1.82) is 0 Å². The van der Waals surface area contributed by atoms with Gasteiger partial charge in [-0.25, -0.2) is 0 Å². The summed E-state index contributed by atoms with van der Waals surface area (Å²) in [5.74, 6) is 2.04. The molecule has 0 saturated heterocycles. The van der Waals surface area contributed by atoms with E-state index in [2.05, 4.69) is 13.8 Å². The number of nitro benzene ring substituents is 1. The van der Waals surface area contributed by atoms with Gasteiger partial charge in [0.15, 0.2) is 0 Å². The second kappa shape index (κ2) is 7.61. The maximum absolute atomic E-state index is 12.3. The Balaban J connectivity index is 0.000000255. The van der Waals surface area contributed by atoms with Gasteiger partial charge >= 0.3 is 6.18 Å². The molecule has 1 fully saturated rings. The Morgan fingerprint density at radius 1 is 1.09 bits per heavy atom. The second-order valence-electron chi connectivity index (χ2n) is 6.12. The first kappa shape index (κ1) is 18.5. The third kappa shape index (κ3) is 5.66. The number of non-ortho nitro benzene ring substituents is 1. The van der Waals surface area contributed by atoms with Crippen LogP contribution in [0.1, 0.15) is 50.7 Å². The van der Waals surface area contributed by atoms with Gasteiger partial charge in [-0.15, -0.1) is 0 Å². The lowest BCUT2D eigenvalue weighted by molar-refractivity contribution is -0.385. The summed E-state index contributed by atoms with van der Waals surface area (Å²) in [5.41, 5.74) is -1.54. The van der Waals surface area contributed by atoms with Crippen molar-refractivity contribution in [3.8, 4) is 0 Å². The number of nitro groups is 1. The SMILES string of the molecule is CC1CCC(C)CC1.Cc1ccc([N+](=O)[O-])cc1C(F)(F)F. The van der Waals surface area contributed by atoms with Crippen LogP contribution in [0.2, 0.25) is 0 Å². The third-order valence-corrected chi connectivity index (χ3v) is 4.04. The summed E-state index contributed by atoms with van der Waals surface area (Å²) in [6, 6.07) is 2.67. The van der Waals surface area contributed by atoms with Gasteiger partial charge in [0.25, 0.3) is 5.69 Å². The fraction of sp³-hybridized carbons (Fsp3) is 0.625. The van der Waals surface area contributed by atoms with E-state index in [4.69, 9.17) is 0 Å². The average molecular weight is 317 g/mol. The van der Waals surface area contributed by atoms with Crippen molar-refractivity contribution in [3.63, 3.8) is 0 Å². The summed E-state index contributed by atoms with van der Waals surface area (Å²) in [6.07, 6.45) is 1.35. The number of alkyl halides is 3. The van der Waals surface area contributed by atoms with Crippen LogP contribution in [-0.2, 0) is 6.18 Å². The van der Waals surface area contributed by atoms with E-state index >= 15 is 0 Å². The zero-order chi connectivity index (χ0) is 16.9. The summed E-state index contributed by atoms with van der Waals surface area (Å²) in [4.78, 5) is 9.38. The highest BCUT2D eigenvalue weighted by molar-refractivity contribution is 5.40. The van der Waals surface area contributed by atoms with Gasteiger partial charge in [-0.1, -0.05) is 45.6 Å². The molecule has 6 heteroatoms. The number of rotatable bonds is 1. The zero-order valence-corrected chi connectivity index (χ0v) is 13.1. The van der Waals surface area contributed by atoms with Gasteiger partial charge in [0, 0.05) is 12.1 Å². The van der Waals surface area contributed by atoms with Crippen LogP contribution >= 0.6 is 0 Å². The van der Waals surface area contributed by atoms with Crippen molar-refractivity contribution in [2.24, 2.45) is 11.8 Å². The normalized spacial score (nSPS) is 21.7. The van der Waals surface area contributed by atoms with E-state index in [1.165, 1.54) is 32.6 Å². The van der Waals surface area contributed by atoms with Crippen molar-refractivity contribution >= 4 is 5.69 Å². The minimum atomic E-state index is -4.55. The van der Waals surface area contributed by atoms with Crippen molar-refractivity contribution in [1.82, 2.24) is 0 Å². The fourth-order valence-electron chi connectivity index (χ4n) is 2.46. The molecule has 1 aromatic rings. The molecule has 1 aliphatic carbocycles. The van der Waals surface area contributed by atoms with Gasteiger partial charge in [0.2, 0.25) is 0 Å². The number of nitrogens with zero attached hydrogens (tertiary/aromatic N) is 1. The maximum atomic E-state index is 12.3. The summed E-state index contributed by atoms with van der Waals surface area (Å²) < 4.78 is 36.8. The van der Waals surface area contributed by atoms with Crippen molar-refractivity contribution in [2.75, 3.05) is 0 Å².